The second kappa shape index (κ2) is 9.64. The Morgan fingerprint density at radius 3 is 2.36 bits per heavy atom. The van der Waals surface area contributed by atoms with E-state index in [1.54, 1.807) is 0 Å². The maximum Gasteiger partial charge on any atom is 0.237 e. The molecule has 0 radical (unpaired) electrons. The summed E-state index contributed by atoms with van der Waals surface area (Å²) in [6, 6.07) is 17.5. The molecular weight excluding hydrogens is 330 g/mol. The summed E-state index contributed by atoms with van der Waals surface area (Å²) in [5.74, 6) is 0.679. The first kappa shape index (κ1) is 19.5. The van der Waals surface area contributed by atoms with Crippen molar-refractivity contribution in [1.82, 2.24) is 0 Å². The molecule has 2 aromatic rings. The van der Waals surface area contributed by atoms with Crippen LogP contribution in [-0.2, 0) is 11.2 Å². The number of carbonyl (C=O) groups is 1. The highest BCUT2D eigenvalue weighted by molar-refractivity contribution is 8.00. The van der Waals surface area contributed by atoms with E-state index in [1.165, 1.54) is 11.8 Å². The third-order valence-corrected chi connectivity index (χ3v) is 5.76. The first-order valence-electron chi connectivity index (χ1n) is 8.76. The van der Waals surface area contributed by atoms with Crippen molar-refractivity contribution < 1.29 is 9.90 Å². The second-order valence-corrected chi connectivity index (χ2v) is 7.60. The van der Waals surface area contributed by atoms with Crippen LogP contribution in [0.2, 0.25) is 0 Å². The van der Waals surface area contributed by atoms with Gasteiger partial charge in [-0.2, -0.15) is 0 Å². The maximum atomic E-state index is 12.8. The summed E-state index contributed by atoms with van der Waals surface area (Å²) in [6.45, 7) is 6.16. The third kappa shape index (κ3) is 5.62. The van der Waals surface area contributed by atoms with Crippen molar-refractivity contribution in [3.63, 3.8) is 0 Å². The zero-order chi connectivity index (χ0) is 18.2. The van der Waals surface area contributed by atoms with Crippen molar-refractivity contribution in [2.75, 3.05) is 11.1 Å². The number of benzene rings is 2. The molecule has 2 N–H and O–H groups in total. The van der Waals surface area contributed by atoms with Crippen LogP contribution in [-0.4, -0.2) is 22.0 Å². The van der Waals surface area contributed by atoms with Gasteiger partial charge in [-0.15, -0.1) is 11.8 Å². The monoisotopic (exact) mass is 357 g/mol. The summed E-state index contributed by atoms with van der Waals surface area (Å²) in [6.07, 6.45) is 0.311. The largest absolute Gasteiger partial charge is 0.388 e. The number of anilines is 1. The van der Waals surface area contributed by atoms with E-state index in [0.29, 0.717) is 5.75 Å². The Kier molecular flexibility index (Phi) is 7.53. The van der Waals surface area contributed by atoms with Gasteiger partial charge in [0.1, 0.15) is 0 Å². The van der Waals surface area contributed by atoms with Crippen molar-refractivity contribution in [1.29, 1.82) is 0 Å². The molecule has 0 saturated carbocycles. The minimum Gasteiger partial charge on any atom is -0.388 e. The van der Waals surface area contributed by atoms with E-state index in [1.807, 2.05) is 68.4 Å². The lowest BCUT2D eigenvalue weighted by Crippen LogP contribution is -2.30. The molecular formula is C21H27NO2S. The molecule has 2 rings (SSSR count). The average molecular weight is 358 g/mol. The number of aliphatic hydroxyl groups excluding tert-OH is 1. The molecule has 4 heteroatoms. The Hall–Kier alpha value is -1.78. The van der Waals surface area contributed by atoms with E-state index in [4.69, 9.17) is 0 Å². The SMILES string of the molecule is CCc1ccccc1NC(=O)C(SCC(O)c1ccccc1)C(C)C. The van der Waals surface area contributed by atoms with Crippen LogP contribution in [0.1, 0.15) is 38.0 Å². The Morgan fingerprint density at radius 1 is 1.08 bits per heavy atom. The predicted molar refractivity (Wildman–Crippen MR) is 107 cm³/mol. The zero-order valence-corrected chi connectivity index (χ0v) is 15.9. The number of aliphatic hydroxyl groups is 1. The minimum absolute atomic E-state index is 0.00108. The normalized spacial score (nSPS) is 13.5. The van der Waals surface area contributed by atoms with Crippen molar-refractivity contribution >= 4 is 23.4 Å². The molecule has 134 valence electrons. The molecule has 0 aliphatic carbocycles. The quantitative estimate of drug-likeness (QED) is 0.721. The molecule has 0 heterocycles. The van der Waals surface area contributed by atoms with Gasteiger partial charge in [0.05, 0.1) is 11.4 Å². The Morgan fingerprint density at radius 2 is 1.72 bits per heavy atom. The third-order valence-electron chi connectivity index (χ3n) is 4.14. The van der Waals surface area contributed by atoms with Crippen LogP contribution < -0.4 is 5.32 Å². The number of para-hydroxylation sites is 1. The number of amides is 1. The Labute approximate surface area is 154 Å². The van der Waals surface area contributed by atoms with E-state index < -0.39 is 6.10 Å². The fourth-order valence-corrected chi connectivity index (χ4v) is 3.87. The Bertz CT molecular complexity index is 673. The van der Waals surface area contributed by atoms with Gasteiger partial charge in [0, 0.05) is 11.4 Å². The number of aryl methyl sites for hydroxylation is 1. The summed E-state index contributed by atoms with van der Waals surface area (Å²) in [5.41, 5.74) is 2.90. The van der Waals surface area contributed by atoms with Gasteiger partial charge in [-0.05, 0) is 29.5 Å². The number of rotatable bonds is 8. The molecule has 2 aromatic carbocycles. The van der Waals surface area contributed by atoms with Crippen molar-refractivity contribution in [3.8, 4) is 0 Å². The molecule has 3 nitrogen and oxygen atoms in total. The van der Waals surface area contributed by atoms with E-state index >= 15 is 0 Å². The fourth-order valence-electron chi connectivity index (χ4n) is 2.69. The van der Waals surface area contributed by atoms with Gasteiger partial charge in [0.25, 0.3) is 0 Å². The molecule has 0 aliphatic rings. The van der Waals surface area contributed by atoms with Crippen molar-refractivity contribution in [2.24, 2.45) is 5.92 Å². The lowest BCUT2D eigenvalue weighted by molar-refractivity contribution is -0.116. The van der Waals surface area contributed by atoms with Gasteiger partial charge in [0.2, 0.25) is 5.91 Å². The standard InChI is InChI=1S/C21H27NO2S/c1-4-16-10-8-9-13-18(16)22-21(24)20(15(2)3)25-14-19(23)17-11-6-5-7-12-17/h5-13,15,19-20,23H,4,14H2,1-3H3,(H,22,24). The average Bonchev–Trinajstić information content (AvgIpc) is 2.62. The highest BCUT2D eigenvalue weighted by atomic mass is 32.2. The van der Waals surface area contributed by atoms with Gasteiger partial charge in [-0.3, -0.25) is 4.79 Å². The van der Waals surface area contributed by atoms with Crippen LogP contribution in [0.15, 0.2) is 54.6 Å². The fraction of sp³-hybridized carbons (Fsp3) is 0.381. The van der Waals surface area contributed by atoms with Gasteiger partial charge in [-0.25, -0.2) is 0 Å². The molecule has 0 aliphatic heterocycles. The molecule has 0 fully saturated rings. The summed E-state index contributed by atoms with van der Waals surface area (Å²) < 4.78 is 0. The van der Waals surface area contributed by atoms with Gasteiger partial charge in [0.15, 0.2) is 0 Å². The van der Waals surface area contributed by atoms with E-state index in [0.717, 1.165) is 23.2 Å². The predicted octanol–water partition coefficient (Wildman–Crippen LogP) is 4.68. The number of carbonyl (C=O) groups excluding carboxylic acids is 1. The summed E-state index contributed by atoms with van der Waals surface area (Å²) in [5, 5.41) is 13.2. The molecule has 0 aromatic heterocycles. The lowest BCUT2D eigenvalue weighted by atomic mass is 10.1. The lowest BCUT2D eigenvalue weighted by Gasteiger charge is -2.22. The van der Waals surface area contributed by atoms with Crippen LogP contribution in [0, 0.1) is 5.92 Å². The highest BCUT2D eigenvalue weighted by Gasteiger charge is 2.24. The number of thioether (sulfide) groups is 1. The van der Waals surface area contributed by atoms with Gasteiger partial charge >= 0.3 is 0 Å². The first-order valence-corrected chi connectivity index (χ1v) is 9.81. The van der Waals surface area contributed by atoms with Crippen LogP contribution >= 0.6 is 11.8 Å². The van der Waals surface area contributed by atoms with Gasteiger partial charge in [-0.1, -0.05) is 69.3 Å². The summed E-state index contributed by atoms with van der Waals surface area (Å²) in [4.78, 5) is 12.8. The molecule has 0 spiro atoms. The Balaban J connectivity index is 2.01. The molecule has 2 unspecified atom stereocenters. The molecule has 0 saturated heterocycles. The van der Waals surface area contributed by atoms with Crippen LogP contribution in [0.25, 0.3) is 0 Å². The molecule has 2 atom stereocenters. The minimum atomic E-state index is -0.567. The van der Waals surface area contributed by atoms with E-state index in [-0.39, 0.29) is 17.1 Å². The first-order chi connectivity index (χ1) is 12.0. The van der Waals surface area contributed by atoms with Crippen LogP contribution in [0.4, 0.5) is 5.69 Å². The van der Waals surface area contributed by atoms with Crippen LogP contribution in [0.5, 0.6) is 0 Å². The number of hydrogen-bond donors (Lipinski definition) is 2. The van der Waals surface area contributed by atoms with Crippen molar-refractivity contribution in [2.45, 2.75) is 38.5 Å². The molecule has 0 bridgehead atoms. The topological polar surface area (TPSA) is 49.3 Å². The van der Waals surface area contributed by atoms with Crippen LogP contribution in [0.3, 0.4) is 0 Å². The van der Waals surface area contributed by atoms with E-state index in [9.17, 15) is 9.90 Å². The number of hydrogen-bond acceptors (Lipinski definition) is 3. The molecule has 1 amide bonds. The van der Waals surface area contributed by atoms with Gasteiger partial charge < -0.3 is 10.4 Å². The summed E-state index contributed by atoms with van der Waals surface area (Å²) >= 11 is 1.51. The van der Waals surface area contributed by atoms with E-state index in [2.05, 4.69) is 12.2 Å². The molecule has 25 heavy (non-hydrogen) atoms. The number of nitrogens with one attached hydrogen (secondary N) is 1. The zero-order valence-electron chi connectivity index (χ0n) is 15.1. The maximum absolute atomic E-state index is 12.8. The summed E-state index contributed by atoms with van der Waals surface area (Å²) in [7, 11) is 0. The smallest absolute Gasteiger partial charge is 0.237 e. The highest BCUT2D eigenvalue weighted by Crippen LogP contribution is 2.27. The second-order valence-electron chi connectivity index (χ2n) is 6.42. The van der Waals surface area contributed by atoms with Crippen molar-refractivity contribution in [3.05, 3.63) is 65.7 Å².